The van der Waals surface area contributed by atoms with Gasteiger partial charge in [-0.05, 0) is 0 Å². The van der Waals surface area contributed by atoms with E-state index in [2.05, 4.69) is 31.8 Å². The molecule has 0 unspecified atom stereocenters. The van der Waals surface area contributed by atoms with Crippen molar-refractivity contribution in [3.63, 3.8) is 0 Å². The standard InChI is InChI=1S/C13H21Si.Ti/c1-14(2,3)10-11-8-12-6-4-5-7-13(12)9-11;/h8-9H,4-7,10H2,1-3H3;/q-1;+2. The van der Waals surface area contributed by atoms with Crippen LogP contribution in [0.4, 0.5) is 0 Å². The van der Waals surface area contributed by atoms with Gasteiger partial charge in [-0.3, -0.25) is 0 Å². The van der Waals surface area contributed by atoms with Gasteiger partial charge in [-0.25, -0.2) is 6.07 Å². The maximum Gasteiger partial charge on any atom is 2.00 e. The van der Waals surface area contributed by atoms with Crippen molar-refractivity contribution in [2.24, 2.45) is 0 Å². The molecule has 0 amide bonds. The first-order chi connectivity index (χ1) is 6.54. The molecule has 2 rings (SSSR count). The number of hydrogen-bond acceptors (Lipinski definition) is 0. The molecule has 0 heterocycles. The first-order valence-corrected chi connectivity index (χ1v) is 9.53. The predicted molar refractivity (Wildman–Crippen MR) is 65.7 cm³/mol. The van der Waals surface area contributed by atoms with Crippen LogP contribution in [0.3, 0.4) is 0 Å². The number of hydrogen-bond donors (Lipinski definition) is 0. The minimum absolute atomic E-state index is 0. The Balaban J connectivity index is 0.00000112. The molecule has 0 fully saturated rings. The third-order valence-corrected chi connectivity index (χ3v) is 4.48. The average Bonchev–Trinajstić information content (AvgIpc) is 2.42. The van der Waals surface area contributed by atoms with E-state index < -0.39 is 8.07 Å². The first-order valence-electron chi connectivity index (χ1n) is 5.82. The van der Waals surface area contributed by atoms with Crippen LogP contribution in [0.15, 0.2) is 12.1 Å². The maximum atomic E-state index is 2.48. The van der Waals surface area contributed by atoms with Gasteiger partial charge in [0.1, 0.15) is 0 Å². The predicted octanol–water partition coefficient (Wildman–Crippen LogP) is 3.70. The van der Waals surface area contributed by atoms with Crippen LogP contribution < -0.4 is 0 Å². The topological polar surface area (TPSA) is 0 Å². The summed E-state index contributed by atoms with van der Waals surface area (Å²) < 4.78 is 0. The van der Waals surface area contributed by atoms with Crippen LogP contribution >= 0.6 is 0 Å². The Morgan fingerprint density at radius 3 is 2.47 bits per heavy atom. The van der Waals surface area contributed by atoms with Crippen LogP contribution in [0.1, 0.15) is 29.5 Å². The second-order valence-corrected chi connectivity index (χ2v) is 11.3. The van der Waals surface area contributed by atoms with E-state index in [0.29, 0.717) is 0 Å². The molecule has 1 aromatic carbocycles. The van der Waals surface area contributed by atoms with Crippen LogP contribution in [-0.4, -0.2) is 8.07 Å². The van der Waals surface area contributed by atoms with E-state index in [1.54, 1.807) is 16.7 Å². The SMILES string of the molecule is C[Si](C)(C)Cc1cc2c([cH-]1)CCCC2.[Ti+2]. The number of rotatable bonds is 2. The molecule has 0 radical (unpaired) electrons. The van der Waals surface area contributed by atoms with Gasteiger partial charge in [-0.1, -0.05) is 51.4 Å². The Morgan fingerprint density at radius 1 is 1.20 bits per heavy atom. The molecular weight excluding hydrogens is 232 g/mol. The Hall–Kier alpha value is 0.281. The molecule has 0 saturated carbocycles. The molecule has 0 N–H and O–H groups in total. The summed E-state index contributed by atoms with van der Waals surface area (Å²) >= 11 is 0. The molecule has 1 aliphatic carbocycles. The van der Waals surface area contributed by atoms with E-state index in [0.717, 1.165) is 0 Å². The summed E-state index contributed by atoms with van der Waals surface area (Å²) in [5.74, 6) is 0. The molecule has 0 saturated heterocycles. The number of fused-ring (bicyclic) bond motifs is 1. The fourth-order valence-corrected chi connectivity index (χ4v) is 3.91. The van der Waals surface area contributed by atoms with Crippen LogP contribution in [-0.2, 0) is 40.6 Å². The second-order valence-electron chi connectivity index (χ2n) is 5.86. The molecular formula is C13H21SiTi+. The zero-order chi connectivity index (χ0) is 10.2. The Labute approximate surface area is 110 Å². The maximum absolute atomic E-state index is 2.48. The van der Waals surface area contributed by atoms with Crippen molar-refractivity contribution in [1.82, 2.24) is 0 Å². The van der Waals surface area contributed by atoms with Crippen molar-refractivity contribution < 1.29 is 21.7 Å². The third-order valence-electron chi connectivity index (χ3n) is 3.01. The quantitative estimate of drug-likeness (QED) is 0.557. The summed E-state index contributed by atoms with van der Waals surface area (Å²) in [5, 5.41) is 0. The summed E-state index contributed by atoms with van der Waals surface area (Å²) in [7, 11) is -0.913. The van der Waals surface area contributed by atoms with E-state index in [4.69, 9.17) is 0 Å². The Morgan fingerprint density at radius 2 is 1.87 bits per heavy atom. The van der Waals surface area contributed by atoms with Gasteiger partial charge in [0, 0.05) is 8.07 Å². The van der Waals surface area contributed by atoms with Crippen molar-refractivity contribution in [3.05, 3.63) is 28.8 Å². The molecule has 2 heteroatoms. The van der Waals surface area contributed by atoms with Crippen LogP contribution in [0.25, 0.3) is 0 Å². The molecule has 0 spiro atoms. The zero-order valence-corrected chi connectivity index (χ0v) is 12.8. The molecule has 80 valence electrons. The van der Waals surface area contributed by atoms with E-state index >= 15 is 0 Å². The molecule has 15 heavy (non-hydrogen) atoms. The van der Waals surface area contributed by atoms with Gasteiger partial charge in [0.2, 0.25) is 0 Å². The van der Waals surface area contributed by atoms with E-state index in [-0.39, 0.29) is 21.7 Å². The van der Waals surface area contributed by atoms with Gasteiger partial charge in [0.25, 0.3) is 0 Å². The summed E-state index contributed by atoms with van der Waals surface area (Å²) in [5.41, 5.74) is 4.94. The van der Waals surface area contributed by atoms with Gasteiger partial charge >= 0.3 is 21.7 Å². The van der Waals surface area contributed by atoms with E-state index in [9.17, 15) is 0 Å². The van der Waals surface area contributed by atoms with Gasteiger partial charge in [-0.2, -0.15) is 22.8 Å². The van der Waals surface area contributed by atoms with Crippen molar-refractivity contribution >= 4 is 8.07 Å². The zero-order valence-electron chi connectivity index (χ0n) is 10.2. The Kier molecular flexibility index (Phi) is 4.51. The fraction of sp³-hybridized carbons (Fsp3) is 0.615. The summed E-state index contributed by atoms with van der Waals surface area (Å²) in [6.45, 7) is 7.37. The van der Waals surface area contributed by atoms with Gasteiger partial charge in [0.15, 0.2) is 0 Å². The third kappa shape index (κ3) is 3.65. The van der Waals surface area contributed by atoms with Gasteiger partial charge < -0.3 is 0 Å². The minimum atomic E-state index is -0.913. The molecule has 0 aromatic heterocycles. The monoisotopic (exact) mass is 253 g/mol. The van der Waals surface area contributed by atoms with Gasteiger partial charge in [-0.15, -0.1) is 0 Å². The normalized spacial score (nSPS) is 15.7. The molecule has 0 atom stereocenters. The summed E-state index contributed by atoms with van der Waals surface area (Å²) in [6.07, 6.45) is 5.48. The van der Waals surface area contributed by atoms with Gasteiger partial charge in [0.05, 0.1) is 0 Å². The summed E-state index contributed by atoms with van der Waals surface area (Å²) in [4.78, 5) is 0. The van der Waals surface area contributed by atoms with Crippen LogP contribution in [0.5, 0.6) is 0 Å². The molecule has 1 aliphatic rings. The molecule has 0 nitrogen and oxygen atoms in total. The fourth-order valence-electron chi connectivity index (χ4n) is 2.49. The van der Waals surface area contributed by atoms with Crippen LogP contribution in [0.2, 0.25) is 19.6 Å². The van der Waals surface area contributed by atoms with Crippen LogP contribution in [0, 0.1) is 0 Å². The second kappa shape index (κ2) is 5.07. The van der Waals surface area contributed by atoms with Crippen molar-refractivity contribution in [3.8, 4) is 0 Å². The average molecular weight is 253 g/mol. The number of aryl methyl sites for hydroxylation is 2. The van der Waals surface area contributed by atoms with E-state index in [1.807, 2.05) is 0 Å². The van der Waals surface area contributed by atoms with Crippen molar-refractivity contribution in [1.29, 1.82) is 0 Å². The van der Waals surface area contributed by atoms with E-state index in [1.165, 1.54) is 31.7 Å². The molecule has 0 bridgehead atoms. The summed E-state index contributed by atoms with van der Waals surface area (Å²) in [6, 6.07) is 6.32. The smallest absolute Gasteiger partial charge is 0.207 e. The molecule has 1 aromatic rings. The minimum Gasteiger partial charge on any atom is -0.207 e. The Bertz CT molecular complexity index is 296. The first kappa shape index (κ1) is 13.3. The van der Waals surface area contributed by atoms with Crippen molar-refractivity contribution in [2.45, 2.75) is 51.4 Å². The largest absolute Gasteiger partial charge is 2.00 e. The van der Waals surface area contributed by atoms with Crippen molar-refractivity contribution in [2.75, 3.05) is 0 Å². The molecule has 0 aliphatic heterocycles.